The van der Waals surface area contributed by atoms with Crippen molar-refractivity contribution in [3.05, 3.63) is 0 Å². The molecule has 0 amide bonds. The van der Waals surface area contributed by atoms with Gasteiger partial charge in [-0.25, -0.2) is 8.78 Å². The smallest absolute Gasteiger partial charge is 0.261 e. The van der Waals surface area contributed by atoms with Gasteiger partial charge in [0.25, 0.3) is 6.43 Å². The topological polar surface area (TPSA) is 26.3 Å². The van der Waals surface area contributed by atoms with E-state index in [-0.39, 0.29) is 12.4 Å². The molecule has 0 saturated heterocycles. The minimum atomic E-state index is -2.43. The van der Waals surface area contributed by atoms with E-state index in [9.17, 15) is 13.6 Å². The number of halogens is 2. The van der Waals surface area contributed by atoms with Crippen molar-refractivity contribution in [1.29, 1.82) is 0 Å². The van der Waals surface area contributed by atoms with Crippen molar-refractivity contribution < 1.29 is 18.3 Å². The molecule has 0 aromatic heterocycles. The minimum absolute atomic E-state index is 0.143. The first-order chi connectivity index (χ1) is 8.15. The van der Waals surface area contributed by atoms with Crippen LogP contribution in [0.1, 0.15) is 38.5 Å². The Kier molecular flexibility index (Phi) is 4.48. The summed E-state index contributed by atoms with van der Waals surface area (Å²) in [6.45, 7) is -0.411. The van der Waals surface area contributed by atoms with Crippen LogP contribution in [-0.2, 0) is 9.53 Å². The first-order valence-electron chi connectivity index (χ1n) is 6.52. The third-order valence-corrected chi connectivity index (χ3v) is 4.14. The Morgan fingerprint density at radius 3 is 2.71 bits per heavy atom. The maximum Gasteiger partial charge on any atom is 0.261 e. The van der Waals surface area contributed by atoms with E-state index >= 15 is 0 Å². The number of alkyl halides is 2. The molecule has 2 saturated carbocycles. The molecule has 0 heterocycles. The molecule has 3 unspecified atom stereocenters. The van der Waals surface area contributed by atoms with E-state index in [2.05, 4.69) is 0 Å². The van der Waals surface area contributed by atoms with Gasteiger partial charge in [0.1, 0.15) is 12.4 Å². The third-order valence-electron chi connectivity index (χ3n) is 4.14. The van der Waals surface area contributed by atoms with Crippen LogP contribution in [0.15, 0.2) is 0 Å². The van der Waals surface area contributed by atoms with E-state index in [0.717, 1.165) is 11.8 Å². The van der Waals surface area contributed by atoms with Gasteiger partial charge < -0.3 is 4.74 Å². The van der Waals surface area contributed by atoms with E-state index in [4.69, 9.17) is 4.74 Å². The average molecular weight is 246 g/mol. The molecule has 0 aromatic carbocycles. The van der Waals surface area contributed by atoms with Crippen molar-refractivity contribution in [2.45, 2.75) is 45.0 Å². The predicted octanol–water partition coefficient (Wildman–Crippen LogP) is 3.05. The lowest BCUT2D eigenvalue weighted by Crippen LogP contribution is -2.16. The normalized spacial score (nSPS) is 31.4. The molecule has 2 fully saturated rings. The molecular weight excluding hydrogens is 226 g/mol. The second-order valence-corrected chi connectivity index (χ2v) is 5.39. The van der Waals surface area contributed by atoms with Gasteiger partial charge in [-0.05, 0) is 37.0 Å². The van der Waals surface area contributed by atoms with Crippen LogP contribution in [-0.4, -0.2) is 25.4 Å². The molecule has 0 aromatic rings. The maximum atomic E-state index is 11.8. The second kappa shape index (κ2) is 5.89. The first-order valence-corrected chi connectivity index (χ1v) is 6.52. The standard InChI is InChI=1S/C13H20F2O2/c14-13(15)8-17-4-3-12(16)7-11-6-9-1-2-10(11)5-9/h9-11,13H,1-8H2. The summed E-state index contributed by atoms with van der Waals surface area (Å²) in [6, 6.07) is 0. The lowest BCUT2D eigenvalue weighted by Gasteiger charge is -2.20. The van der Waals surface area contributed by atoms with Crippen molar-refractivity contribution in [2.75, 3.05) is 13.2 Å². The molecule has 0 aliphatic heterocycles. The number of carbonyl (C=O) groups is 1. The van der Waals surface area contributed by atoms with Gasteiger partial charge in [-0.2, -0.15) is 0 Å². The van der Waals surface area contributed by atoms with Crippen LogP contribution in [0, 0.1) is 17.8 Å². The molecule has 17 heavy (non-hydrogen) atoms. The highest BCUT2D eigenvalue weighted by Crippen LogP contribution is 2.49. The summed E-state index contributed by atoms with van der Waals surface area (Å²) in [5, 5.41) is 0. The fraction of sp³-hybridized carbons (Fsp3) is 0.923. The summed E-state index contributed by atoms with van der Waals surface area (Å²) in [5.41, 5.74) is 0. The van der Waals surface area contributed by atoms with Crippen molar-refractivity contribution in [1.82, 2.24) is 0 Å². The summed E-state index contributed by atoms with van der Waals surface area (Å²) >= 11 is 0. The van der Waals surface area contributed by atoms with Crippen molar-refractivity contribution in [3.8, 4) is 0 Å². The lowest BCUT2D eigenvalue weighted by molar-refractivity contribution is -0.121. The average Bonchev–Trinajstić information content (AvgIpc) is 2.86. The van der Waals surface area contributed by atoms with Gasteiger partial charge in [0.15, 0.2) is 0 Å². The number of fused-ring (bicyclic) bond motifs is 2. The highest BCUT2D eigenvalue weighted by Gasteiger charge is 2.39. The first kappa shape index (κ1) is 12.9. The predicted molar refractivity (Wildman–Crippen MR) is 60.0 cm³/mol. The SMILES string of the molecule is O=C(CCOCC(F)F)CC1CC2CCC1C2. The lowest BCUT2D eigenvalue weighted by atomic mass is 9.85. The number of Topliss-reactive ketones (excluding diaryl/α,β-unsaturated/α-hetero) is 1. The number of carbonyl (C=O) groups excluding carboxylic acids is 1. The highest BCUT2D eigenvalue weighted by molar-refractivity contribution is 5.78. The van der Waals surface area contributed by atoms with Crippen molar-refractivity contribution in [2.24, 2.45) is 17.8 Å². The molecule has 2 bridgehead atoms. The maximum absolute atomic E-state index is 11.8. The molecule has 2 aliphatic rings. The van der Waals surface area contributed by atoms with Crippen LogP contribution in [0.5, 0.6) is 0 Å². The molecule has 2 aliphatic carbocycles. The number of rotatable bonds is 7. The molecule has 0 radical (unpaired) electrons. The van der Waals surface area contributed by atoms with E-state index in [0.29, 0.717) is 18.8 Å². The van der Waals surface area contributed by atoms with Gasteiger partial charge in [0.05, 0.1) is 6.61 Å². The molecule has 4 heteroatoms. The number of hydrogen-bond donors (Lipinski definition) is 0. The zero-order chi connectivity index (χ0) is 12.3. The largest absolute Gasteiger partial charge is 0.375 e. The quantitative estimate of drug-likeness (QED) is 0.645. The Hall–Kier alpha value is -0.510. The van der Waals surface area contributed by atoms with Gasteiger partial charge in [0.2, 0.25) is 0 Å². The molecule has 2 rings (SSSR count). The van der Waals surface area contributed by atoms with E-state index in [1.165, 1.54) is 25.7 Å². The van der Waals surface area contributed by atoms with Crippen molar-refractivity contribution in [3.63, 3.8) is 0 Å². The molecule has 0 spiro atoms. The summed E-state index contributed by atoms with van der Waals surface area (Å²) in [5.74, 6) is 2.35. The number of hydrogen-bond acceptors (Lipinski definition) is 2. The summed E-state index contributed by atoms with van der Waals surface area (Å²) in [6.07, 6.45) is 3.63. The van der Waals surface area contributed by atoms with Gasteiger partial charge in [-0.3, -0.25) is 4.79 Å². The van der Waals surface area contributed by atoms with Crippen LogP contribution >= 0.6 is 0 Å². The molecular formula is C13H20F2O2. The third kappa shape index (κ3) is 3.73. The zero-order valence-corrected chi connectivity index (χ0v) is 10.0. The fourth-order valence-corrected chi connectivity index (χ4v) is 3.38. The number of ketones is 1. The summed E-state index contributed by atoms with van der Waals surface area (Å²) < 4.78 is 28.3. The fourth-order valence-electron chi connectivity index (χ4n) is 3.38. The van der Waals surface area contributed by atoms with Crippen LogP contribution in [0.4, 0.5) is 8.78 Å². The van der Waals surface area contributed by atoms with Crippen LogP contribution in [0.25, 0.3) is 0 Å². The van der Waals surface area contributed by atoms with Crippen LogP contribution in [0.2, 0.25) is 0 Å². The second-order valence-electron chi connectivity index (χ2n) is 5.39. The number of ether oxygens (including phenoxy) is 1. The van der Waals surface area contributed by atoms with Gasteiger partial charge in [-0.1, -0.05) is 6.42 Å². The van der Waals surface area contributed by atoms with E-state index < -0.39 is 13.0 Å². The minimum Gasteiger partial charge on any atom is -0.375 e. The summed E-state index contributed by atoms with van der Waals surface area (Å²) in [4.78, 5) is 11.7. The van der Waals surface area contributed by atoms with Gasteiger partial charge in [0, 0.05) is 12.8 Å². The Morgan fingerprint density at radius 1 is 1.29 bits per heavy atom. The highest BCUT2D eigenvalue weighted by atomic mass is 19.3. The Balaban J connectivity index is 1.58. The summed E-state index contributed by atoms with van der Waals surface area (Å²) in [7, 11) is 0. The van der Waals surface area contributed by atoms with Crippen LogP contribution in [0.3, 0.4) is 0 Å². The van der Waals surface area contributed by atoms with Crippen LogP contribution < -0.4 is 0 Å². The van der Waals surface area contributed by atoms with Crippen molar-refractivity contribution >= 4 is 5.78 Å². The Morgan fingerprint density at radius 2 is 2.12 bits per heavy atom. The Bertz CT molecular complexity index is 268. The molecule has 2 nitrogen and oxygen atoms in total. The molecule has 0 N–H and O–H groups in total. The molecule has 3 atom stereocenters. The zero-order valence-electron chi connectivity index (χ0n) is 10.0. The van der Waals surface area contributed by atoms with Gasteiger partial charge >= 0.3 is 0 Å². The van der Waals surface area contributed by atoms with Gasteiger partial charge in [-0.15, -0.1) is 0 Å². The molecule has 98 valence electrons. The Labute approximate surface area is 101 Å². The van der Waals surface area contributed by atoms with E-state index in [1.54, 1.807) is 0 Å². The monoisotopic (exact) mass is 246 g/mol. The van der Waals surface area contributed by atoms with E-state index in [1.807, 2.05) is 0 Å².